The third-order valence-electron chi connectivity index (χ3n) is 3.14. The van der Waals surface area contributed by atoms with Crippen LogP contribution in [0.15, 0.2) is 46.9 Å². The van der Waals surface area contributed by atoms with Crippen molar-refractivity contribution in [3.05, 3.63) is 63.2 Å². The predicted octanol–water partition coefficient (Wildman–Crippen LogP) is 5.34. The van der Waals surface area contributed by atoms with Gasteiger partial charge in [-0.3, -0.25) is 0 Å². The van der Waals surface area contributed by atoms with E-state index in [1.807, 2.05) is 54.6 Å². The van der Waals surface area contributed by atoms with Crippen molar-refractivity contribution >= 4 is 56.3 Å². The fourth-order valence-corrected chi connectivity index (χ4v) is 2.58. The van der Waals surface area contributed by atoms with Crippen LogP contribution in [-0.2, 0) is 0 Å². The predicted molar refractivity (Wildman–Crippen MR) is 90.8 cm³/mol. The number of nitrogens with one attached hydrogen (secondary N) is 1. The zero-order chi connectivity index (χ0) is 14.1. The maximum atomic E-state index is 6.16. The maximum Gasteiger partial charge on any atom is 0.0648 e. The van der Waals surface area contributed by atoms with Crippen LogP contribution in [-0.4, -0.2) is 4.98 Å². The minimum atomic E-state index is 0.733. The summed E-state index contributed by atoms with van der Waals surface area (Å²) in [7, 11) is 0. The van der Waals surface area contributed by atoms with Gasteiger partial charge in [0.25, 0.3) is 0 Å². The Bertz CT molecular complexity index is 788. The molecule has 3 rings (SSSR count). The lowest BCUT2D eigenvalue weighted by Gasteiger charge is -1.94. The maximum absolute atomic E-state index is 6.16. The van der Waals surface area contributed by atoms with Crippen molar-refractivity contribution < 1.29 is 0 Å². The molecule has 0 spiro atoms. The van der Waals surface area contributed by atoms with Crippen LogP contribution in [0.1, 0.15) is 11.3 Å². The first-order valence-corrected chi connectivity index (χ1v) is 7.31. The highest BCUT2D eigenvalue weighted by Crippen LogP contribution is 2.28. The molecule has 3 aromatic rings. The van der Waals surface area contributed by atoms with Gasteiger partial charge < -0.3 is 10.7 Å². The number of hydrogen-bond donors (Lipinski definition) is 2. The largest absolute Gasteiger partial charge is 0.396 e. The number of anilines is 1. The molecule has 0 fully saturated rings. The van der Waals surface area contributed by atoms with Crippen LogP contribution in [0.5, 0.6) is 0 Å². The lowest BCUT2D eigenvalue weighted by Crippen LogP contribution is -1.85. The topological polar surface area (TPSA) is 41.8 Å². The van der Waals surface area contributed by atoms with Crippen molar-refractivity contribution in [1.29, 1.82) is 0 Å². The summed E-state index contributed by atoms with van der Waals surface area (Å²) in [5.74, 6) is 0. The van der Waals surface area contributed by atoms with Gasteiger partial charge in [-0.05, 0) is 42.0 Å². The van der Waals surface area contributed by atoms with Crippen molar-refractivity contribution in [2.75, 3.05) is 5.73 Å². The van der Waals surface area contributed by atoms with E-state index in [-0.39, 0.29) is 0 Å². The molecule has 2 nitrogen and oxygen atoms in total. The molecule has 0 atom stereocenters. The molecule has 0 aliphatic carbocycles. The van der Waals surface area contributed by atoms with Crippen LogP contribution in [0.4, 0.5) is 5.69 Å². The van der Waals surface area contributed by atoms with E-state index in [1.54, 1.807) is 0 Å². The molecule has 4 heteroatoms. The average molecular weight is 348 g/mol. The average Bonchev–Trinajstić information content (AvgIpc) is 2.74. The number of nitrogen functional groups attached to an aromatic ring is 1. The SMILES string of the molecule is Nc1c(/C=C/c2ccc(Cl)cc2)[nH]c2cc(Br)ccc12. The normalized spacial score (nSPS) is 11.5. The van der Waals surface area contributed by atoms with Crippen LogP contribution >= 0.6 is 27.5 Å². The number of benzene rings is 2. The second kappa shape index (κ2) is 5.35. The van der Waals surface area contributed by atoms with E-state index < -0.39 is 0 Å². The van der Waals surface area contributed by atoms with Crippen molar-refractivity contribution in [1.82, 2.24) is 4.98 Å². The molecule has 20 heavy (non-hydrogen) atoms. The molecule has 1 aromatic heterocycles. The Hall–Kier alpha value is -1.71. The van der Waals surface area contributed by atoms with Gasteiger partial charge >= 0.3 is 0 Å². The molecule has 0 bridgehead atoms. The summed E-state index contributed by atoms with van der Waals surface area (Å²) < 4.78 is 1.03. The fourth-order valence-electron chi connectivity index (χ4n) is 2.10. The van der Waals surface area contributed by atoms with E-state index in [0.717, 1.165) is 37.3 Å². The molecule has 2 aromatic carbocycles. The Morgan fingerprint density at radius 1 is 1.05 bits per heavy atom. The molecular formula is C16H12BrClN2. The van der Waals surface area contributed by atoms with Gasteiger partial charge in [0, 0.05) is 20.4 Å². The number of halogens is 2. The second-order valence-electron chi connectivity index (χ2n) is 4.53. The van der Waals surface area contributed by atoms with Crippen LogP contribution in [0.25, 0.3) is 23.1 Å². The van der Waals surface area contributed by atoms with Crippen LogP contribution in [0.3, 0.4) is 0 Å². The van der Waals surface area contributed by atoms with Gasteiger partial charge in [-0.2, -0.15) is 0 Å². The minimum absolute atomic E-state index is 0.733. The van der Waals surface area contributed by atoms with Crippen LogP contribution in [0, 0.1) is 0 Å². The van der Waals surface area contributed by atoms with E-state index in [9.17, 15) is 0 Å². The molecule has 0 aliphatic rings. The van der Waals surface area contributed by atoms with Gasteiger partial charge in [-0.15, -0.1) is 0 Å². The summed E-state index contributed by atoms with van der Waals surface area (Å²) in [6.07, 6.45) is 3.99. The Balaban J connectivity index is 1.98. The molecule has 0 unspecified atom stereocenters. The molecule has 0 saturated heterocycles. The lowest BCUT2D eigenvalue weighted by atomic mass is 10.2. The van der Waals surface area contributed by atoms with Gasteiger partial charge in [-0.25, -0.2) is 0 Å². The second-order valence-corrected chi connectivity index (χ2v) is 5.88. The standard InChI is InChI=1S/C16H12BrClN2/c17-11-4-7-13-15(9-11)20-14(16(13)19)8-3-10-1-5-12(18)6-2-10/h1-9,20H,19H2/b8-3+. The minimum Gasteiger partial charge on any atom is -0.396 e. The van der Waals surface area contributed by atoms with E-state index in [2.05, 4.69) is 20.9 Å². The molecule has 1 heterocycles. The zero-order valence-corrected chi connectivity index (χ0v) is 12.9. The molecule has 3 N–H and O–H groups in total. The number of nitrogens with two attached hydrogens (primary N) is 1. The summed E-state index contributed by atoms with van der Waals surface area (Å²) >= 11 is 9.32. The van der Waals surface area contributed by atoms with Gasteiger partial charge in [0.05, 0.1) is 11.4 Å². The summed E-state index contributed by atoms with van der Waals surface area (Å²) in [5.41, 5.74) is 9.93. The van der Waals surface area contributed by atoms with E-state index >= 15 is 0 Å². The molecular weight excluding hydrogens is 336 g/mol. The third-order valence-corrected chi connectivity index (χ3v) is 3.89. The highest BCUT2D eigenvalue weighted by Gasteiger charge is 2.06. The molecule has 0 saturated carbocycles. The van der Waals surface area contributed by atoms with Gasteiger partial charge in [0.2, 0.25) is 0 Å². The molecule has 0 radical (unpaired) electrons. The first-order valence-electron chi connectivity index (χ1n) is 6.14. The van der Waals surface area contributed by atoms with Gasteiger partial charge in [-0.1, -0.05) is 45.7 Å². The Morgan fingerprint density at radius 2 is 1.80 bits per heavy atom. The van der Waals surface area contributed by atoms with E-state index in [1.165, 1.54) is 0 Å². The third kappa shape index (κ3) is 2.60. The van der Waals surface area contributed by atoms with Crippen LogP contribution in [0.2, 0.25) is 5.02 Å². The van der Waals surface area contributed by atoms with Crippen molar-refractivity contribution in [3.8, 4) is 0 Å². The zero-order valence-electron chi connectivity index (χ0n) is 10.5. The van der Waals surface area contributed by atoms with Crippen molar-refractivity contribution in [2.45, 2.75) is 0 Å². The Morgan fingerprint density at radius 3 is 2.55 bits per heavy atom. The van der Waals surface area contributed by atoms with Crippen molar-refractivity contribution in [3.63, 3.8) is 0 Å². The molecule has 0 aliphatic heterocycles. The number of rotatable bonds is 2. The van der Waals surface area contributed by atoms with E-state index in [0.29, 0.717) is 0 Å². The van der Waals surface area contributed by atoms with Gasteiger partial charge in [0.1, 0.15) is 0 Å². The highest BCUT2D eigenvalue weighted by atomic mass is 79.9. The fraction of sp³-hybridized carbons (Fsp3) is 0. The smallest absolute Gasteiger partial charge is 0.0648 e. The van der Waals surface area contributed by atoms with E-state index in [4.69, 9.17) is 17.3 Å². The molecule has 100 valence electrons. The Kier molecular flexibility index (Phi) is 3.55. The van der Waals surface area contributed by atoms with Gasteiger partial charge in [0.15, 0.2) is 0 Å². The Labute approximate surface area is 130 Å². The summed E-state index contributed by atoms with van der Waals surface area (Å²) in [6.45, 7) is 0. The summed E-state index contributed by atoms with van der Waals surface area (Å²) in [5, 5.41) is 1.76. The number of hydrogen-bond acceptors (Lipinski definition) is 1. The number of aromatic nitrogens is 1. The molecule has 0 amide bonds. The summed E-state index contributed by atoms with van der Waals surface area (Å²) in [4.78, 5) is 3.32. The highest BCUT2D eigenvalue weighted by molar-refractivity contribution is 9.10. The monoisotopic (exact) mass is 346 g/mol. The summed E-state index contributed by atoms with van der Waals surface area (Å²) in [6, 6.07) is 13.7. The first kappa shape index (κ1) is 13.3. The lowest BCUT2D eigenvalue weighted by molar-refractivity contribution is 1.43. The first-order chi connectivity index (χ1) is 9.63. The van der Waals surface area contributed by atoms with Crippen molar-refractivity contribution in [2.24, 2.45) is 0 Å². The number of aromatic amines is 1. The number of fused-ring (bicyclic) bond motifs is 1. The number of H-pyrrole nitrogens is 1. The van der Waals surface area contributed by atoms with Crippen LogP contribution < -0.4 is 5.73 Å². The quantitative estimate of drug-likeness (QED) is 0.646.